The molecular formula is C13H15N3O3. The Morgan fingerprint density at radius 3 is 2.79 bits per heavy atom. The molecule has 2 heterocycles. The van der Waals surface area contributed by atoms with Crippen molar-refractivity contribution in [2.24, 2.45) is 0 Å². The third-order valence-electron chi connectivity index (χ3n) is 2.89. The minimum absolute atomic E-state index is 0.0459. The molecule has 0 aromatic carbocycles. The number of aliphatic hydroxyl groups is 1. The first-order chi connectivity index (χ1) is 8.88. The molecule has 100 valence electrons. The molecule has 2 rings (SSSR count). The zero-order valence-electron chi connectivity index (χ0n) is 10.8. The molecule has 0 fully saturated rings. The quantitative estimate of drug-likeness (QED) is 0.673. The van der Waals surface area contributed by atoms with Gasteiger partial charge >= 0.3 is 0 Å². The highest BCUT2D eigenvalue weighted by atomic mass is 16.6. The molecule has 0 bridgehead atoms. The Bertz CT molecular complexity index is 620. The maximum atomic E-state index is 11.1. The van der Waals surface area contributed by atoms with E-state index in [1.807, 2.05) is 0 Å². The summed E-state index contributed by atoms with van der Waals surface area (Å²) in [5.41, 5.74) is 0.756. The van der Waals surface area contributed by atoms with Crippen LogP contribution < -0.4 is 0 Å². The van der Waals surface area contributed by atoms with Crippen molar-refractivity contribution in [2.45, 2.75) is 32.3 Å². The molecule has 0 aliphatic carbocycles. The molecule has 6 heteroatoms. The summed E-state index contributed by atoms with van der Waals surface area (Å²) in [6.45, 7) is 3.35. The number of nitro groups is 1. The molecular weight excluding hydrogens is 246 g/mol. The van der Waals surface area contributed by atoms with Crippen LogP contribution in [0, 0.1) is 10.1 Å². The van der Waals surface area contributed by atoms with Gasteiger partial charge in [0.15, 0.2) is 0 Å². The van der Waals surface area contributed by atoms with E-state index in [-0.39, 0.29) is 5.69 Å². The second kappa shape index (κ2) is 4.89. The molecule has 19 heavy (non-hydrogen) atoms. The van der Waals surface area contributed by atoms with Crippen LogP contribution >= 0.6 is 0 Å². The van der Waals surface area contributed by atoms with Gasteiger partial charge in [0.2, 0.25) is 0 Å². The molecule has 0 unspecified atom stereocenters. The number of aryl methyl sites for hydroxylation is 1. The fraction of sp³-hybridized carbons (Fsp3) is 0.385. The number of rotatable bonds is 4. The number of fused-ring (bicyclic) bond motifs is 1. The van der Waals surface area contributed by atoms with Crippen LogP contribution in [0.15, 0.2) is 24.5 Å². The lowest BCUT2D eigenvalue weighted by Gasteiger charge is -2.16. The molecule has 0 aliphatic heterocycles. The van der Waals surface area contributed by atoms with Crippen molar-refractivity contribution in [3.63, 3.8) is 0 Å². The maximum Gasteiger partial charge on any atom is 0.292 e. The predicted octanol–water partition coefficient (Wildman–Crippen LogP) is 2.24. The average molecular weight is 261 g/mol. The summed E-state index contributed by atoms with van der Waals surface area (Å²) >= 11 is 0. The first-order valence-electron chi connectivity index (χ1n) is 5.98. The molecule has 0 saturated heterocycles. The number of aromatic nitrogens is 2. The molecule has 0 aliphatic rings. The van der Waals surface area contributed by atoms with Crippen molar-refractivity contribution >= 4 is 16.7 Å². The van der Waals surface area contributed by atoms with Crippen LogP contribution in [0.4, 0.5) is 5.69 Å². The van der Waals surface area contributed by atoms with Gasteiger partial charge in [-0.2, -0.15) is 0 Å². The van der Waals surface area contributed by atoms with Gasteiger partial charge in [0.05, 0.1) is 27.1 Å². The molecule has 0 saturated carbocycles. The lowest BCUT2D eigenvalue weighted by molar-refractivity contribution is -0.385. The van der Waals surface area contributed by atoms with E-state index in [9.17, 15) is 15.2 Å². The summed E-state index contributed by atoms with van der Waals surface area (Å²) in [6.07, 6.45) is 3.64. The van der Waals surface area contributed by atoms with E-state index in [2.05, 4.69) is 9.97 Å². The van der Waals surface area contributed by atoms with Crippen LogP contribution in [0.3, 0.4) is 0 Å². The zero-order chi connectivity index (χ0) is 14.0. The smallest absolute Gasteiger partial charge is 0.292 e. The van der Waals surface area contributed by atoms with Crippen LogP contribution in [-0.2, 0) is 6.42 Å². The van der Waals surface area contributed by atoms with E-state index >= 15 is 0 Å². The molecule has 6 nitrogen and oxygen atoms in total. The maximum absolute atomic E-state index is 11.1. The normalized spacial score (nSPS) is 11.7. The summed E-state index contributed by atoms with van der Waals surface area (Å²) in [5.74, 6) is 0. The summed E-state index contributed by atoms with van der Waals surface area (Å²) in [7, 11) is 0. The van der Waals surface area contributed by atoms with E-state index in [1.54, 1.807) is 32.2 Å². The standard InChI is InChI=1S/C13H15N3O3/c1-13(2,17)6-5-9-11(16(18)19)8-15-10-4-3-7-14-12(9)10/h3-4,7-8,17H,5-6H2,1-2H3. The van der Waals surface area contributed by atoms with E-state index in [0.717, 1.165) is 0 Å². The van der Waals surface area contributed by atoms with Gasteiger partial charge in [-0.25, -0.2) is 4.98 Å². The predicted molar refractivity (Wildman–Crippen MR) is 70.8 cm³/mol. The number of pyridine rings is 2. The van der Waals surface area contributed by atoms with Gasteiger partial charge in [-0.1, -0.05) is 0 Å². The van der Waals surface area contributed by atoms with Crippen molar-refractivity contribution in [1.82, 2.24) is 9.97 Å². The topological polar surface area (TPSA) is 89.2 Å². The Hall–Kier alpha value is -2.08. The van der Waals surface area contributed by atoms with Crippen LogP contribution in [0.2, 0.25) is 0 Å². The third-order valence-corrected chi connectivity index (χ3v) is 2.89. The van der Waals surface area contributed by atoms with E-state index < -0.39 is 10.5 Å². The summed E-state index contributed by atoms with van der Waals surface area (Å²) in [4.78, 5) is 18.8. The fourth-order valence-corrected chi connectivity index (χ4v) is 1.90. The van der Waals surface area contributed by atoms with Gasteiger partial charge in [0, 0.05) is 6.20 Å². The largest absolute Gasteiger partial charge is 0.390 e. The van der Waals surface area contributed by atoms with Gasteiger partial charge in [-0.3, -0.25) is 15.1 Å². The van der Waals surface area contributed by atoms with E-state index in [4.69, 9.17) is 0 Å². The molecule has 2 aromatic rings. The molecule has 0 amide bonds. The van der Waals surface area contributed by atoms with Gasteiger partial charge in [-0.05, 0) is 38.8 Å². The number of hydrogen-bond donors (Lipinski definition) is 1. The highest BCUT2D eigenvalue weighted by Gasteiger charge is 2.21. The zero-order valence-corrected chi connectivity index (χ0v) is 10.8. The highest BCUT2D eigenvalue weighted by Crippen LogP contribution is 2.27. The summed E-state index contributed by atoms with van der Waals surface area (Å²) in [6, 6.07) is 3.50. The summed E-state index contributed by atoms with van der Waals surface area (Å²) < 4.78 is 0. The lowest BCUT2D eigenvalue weighted by Crippen LogP contribution is -2.19. The molecule has 2 aromatic heterocycles. The van der Waals surface area contributed by atoms with Gasteiger partial charge < -0.3 is 5.11 Å². The van der Waals surface area contributed by atoms with E-state index in [1.165, 1.54) is 6.20 Å². The van der Waals surface area contributed by atoms with Gasteiger partial charge in [0.1, 0.15) is 6.20 Å². The Labute approximate surface area is 110 Å². The van der Waals surface area contributed by atoms with Crippen molar-refractivity contribution in [1.29, 1.82) is 0 Å². The first-order valence-corrected chi connectivity index (χ1v) is 5.98. The van der Waals surface area contributed by atoms with Gasteiger partial charge in [-0.15, -0.1) is 0 Å². The van der Waals surface area contributed by atoms with Crippen molar-refractivity contribution in [3.05, 3.63) is 40.2 Å². The summed E-state index contributed by atoms with van der Waals surface area (Å²) in [5, 5.41) is 20.8. The van der Waals surface area contributed by atoms with Crippen LogP contribution in [-0.4, -0.2) is 25.6 Å². The van der Waals surface area contributed by atoms with Crippen molar-refractivity contribution < 1.29 is 10.0 Å². The second-order valence-electron chi connectivity index (χ2n) is 5.06. The molecule has 0 atom stereocenters. The highest BCUT2D eigenvalue weighted by molar-refractivity contribution is 5.80. The Morgan fingerprint density at radius 2 is 2.16 bits per heavy atom. The number of nitrogens with zero attached hydrogens (tertiary/aromatic N) is 3. The van der Waals surface area contributed by atoms with Gasteiger partial charge in [0.25, 0.3) is 5.69 Å². The molecule has 0 spiro atoms. The fourth-order valence-electron chi connectivity index (χ4n) is 1.90. The molecule has 0 radical (unpaired) electrons. The van der Waals surface area contributed by atoms with Crippen LogP contribution in [0.1, 0.15) is 25.8 Å². The second-order valence-corrected chi connectivity index (χ2v) is 5.06. The lowest BCUT2D eigenvalue weighted by atomic mass is 9.97. The van der Waals surface area contributed by atoms with E-state index in [0.29, 0.717) is 29.4 Å². The number of hydrogen-bond acceptors (Lipinski definition) is 5. The monoisotopic (exact) mass is 261 g/mol. The minimum Gasteiger partial charge on any atom is -0.390 e. The minimum atomic E-state index is -0.877. The Balaban J connectivity index is 2.53. The van der Waals surface area contributed by atoms with Crippen LogP contribution in [0.5, 0.6) is 0 Å². The average Bonchev–Trinajstić information content (AvgIpc) is 2.34. The Morgan fingerprint density at radius 1 is 1.42 bits per heavy atom. The Kier molecular flexibility index (Phi) is 3.44. The van der Waals surface area contributed by atoms with Crippen molar-refractivity contribution in [2.75, 3.05) is 0 Å². The van der Waals surface area contributed by atoms with Crippen LogP contribution in [0.25, 0.3) is 11.0 Å². The van der Waals surface area contributed by atoms with Crippen molar-refractivity contribution in [3.8, 4) is 0 Å². The third kappa shape index (κ3) is 3.03. The SMILES string of the molecule is CC(C)(O)CCc1c([N+](=O)[O-])cnc2cccnc12. The molecule has 1 N–H and O–H groups in total. The first kappa shape index (κ1) is 13.4.